The molecule has 3 nitrogen and oxygen atoms in total. The van der Waals surface area contributed by atoms with Gasteiger partial charge in [-0.2, -0.15) is 0 Å². The number of hydrogen-bond acceptors (Lipinski definition) is 2. The summed E-state index contributed by atoms with van der Waals surface area (Å²) in [6, 6.07) is 10.4. The van der Waals surface area contributed by atoms with E-state index < -0.39 is 0 Å². The summed E-state index contributed by atoms with van der Waals surface area (Å²) in [5.41, 5.74) is 1.26. The molecule has 1 unspecified atom stereocenters. The molecule has 2 rings (SSSR count). The summed E-state index contributed by atoms with van der Waals surface area (Å²) in [5, 5.41) is 3.36. The minimum Gasteiger partial charge on any atom is -0.341 e. The number of hydrogen-bond donors (Lipinski definition) is 1. The largest absolute Gasteiger partial charge is 0.341 e. The number of amides is 1. The third kappa shape index (κ3) is 4.07. The van der Waals surface area contributed by atoms with Crippen molar-refractivity contribution in [1.82, 2.24) is 10.2 Å². The number of benzene rings is 1. The van der Waals surface area contributed by atoms with E-state index in [2.05, 4.69) is 31.3 Å². The zero-order valence-electron chi connectivity index (χ0n) is 12.6. The molecule has 1 aliphatic rings. The fourth-order valence-corrected chi connectivity index (χ4v) is 2.78. The summed E-state index contributed by atoms with van der Waals surface area (Å²) in [5.74, 6) is 0.793. The van der Waals surface area contributed by atoms with Crippen LogP contribution < -0.4 is 5.32 Å². The number of nitrogens with one attached hydrogen (secondary N) is 1. The van der Waals surface area contributed by atoms with Crippen molar-refractivity contribution >= 4 is 5.91 Å². The average molecular weight is 274 g/mol. The molecule has 1 heterocycles. The Morgan fingerprint density at radius 2 is 1.95 bits per heavy atom. The van der Waals surface area contributed by atoms with Crippen molar-refractivity contribution in [3.05, 3.63) is 35.9 Å². The fourth-order valence-electron chi connectivity index (χ4n) is 2.78. The maximum atomic E-state index is 12.8. The standard InChI is InChI=1S/C17H26N2O/c1-14(2)16(13-15-7-4-3-5-8-15)17(20)19-11-6-9-18-10-12-19/h3-5,7-8,14,16,18H,6,9-13H2,1-2H3. The van der Waals surface area contributed by atoms with Gasteiger partial charge >= 0.3 is 0 Å². The van der Waals surface area contributed by atoms with Gasteiger partial charge in [0.1, 0.15) is 0 Å². The Hall–Kier alpha value is -1.35. The molecule has 0 aromatic heterocycles. The summed E-state index contributed by atoms with van der Waals surface area (Å²) < 4.78 is 0. The van der Waals surface area contributed by atoms with Crippen LogP contribution in [0.15, 0.2) is 30.3 Å². The van der Waals surface area contributed by atoms with Crippen molar-refractivity contribution < 1.29 is 4.79 Å². The molecule has 1 aliphatic heterocycles. The van der Waals surface area contributed by atoms with Crippen molar-refractivity contribution in [3.63, 3.8) is 0 Å². The number of nitrogens with zero attached hydrogens (tertiary/aromatic N) is 1. The number of carbonyl (C=O) groups excluding carboxylic acids is 1. The lowest BCUT2D eigenvalue weighted by Crippen LogP contribution is -2.41. The van der Waals surface area contributed by atoms with Crippen LogP contribution in [0.5, 0.6) is 0 Å². The highest BCUT2D eigenvalue weighted by atomic mass is 16.2. The SMILES string of the molecule is CC(C)C(Cc1ccccc1)C(=O)N1CCCNCC1. The van der Waals surface area contributed by atoms with E-state index in [0.717, 1.165) is 39.0 Å². The average Bonchev–Trinajstić information content (AvgIpc) is 2.74. The van der Waals surface area contributed by atoms with E-state index in [1.807, 2.05) is 23.1 Å². The molecule has 20 heavy (non-hydrogen) atoms. The van der Waals surface area contributed by atoms with Gasteiger partial charge in [0.15, 0.2) is 0 Å². The van der Waals surface area contributed by atoms with Gasteiger partial charge in [0.2, 0.25) is 5.91 Å². The van der Waals surface area contributed by atoms with Crippen LogP contribution in [0, 0.1) is 11.8 Å². The molecule has 1 atom stereocenters. The molecule has 0 spiro atoms. The second-order valence-electron chi connectivity index (χ2n) is 5.97. The number of rotatable bonds is 4. The molecular weight excluding hydrogens is 248 g/mol. The second kappa shape index (κ2) is 7.44. The first-order valence-electron chi connectivity index (χ1n) is 7.72. The van der Waals surface area contributed by atoms with E-state index in [0.29, 0.717) is 11.8 Å². The van der Waals surface area contributed by atoms with Crippen LogP contribution in [0.4, 0.5) is 0 Å². The molecule has 1 amide bonds. The maximum Gasteiger partial charge on any atom is 0.226 e. The van der Waals surface area contributed by atoms with Gasteiger partial charge in [0.05, 0.1) is 0 Å². The molecule has 1 saturated heterocycles. The van der Waals surface area contributed by atoms with Crippen molar-refractivity contribution in [3.8, 4) is 0 Å². The Balaban J connectivity index is 2.05. The van der Waals surface area contributed by atoms with E-state index >= 15 is 0 Å². The topological polar surface area (TPSA) is 32.3 Å². The predicted octanol–water partition coefficient (Wildman–Crippen LogP) is 2.32. The molecule has 0 aliphatic carbocycles. The van der Waals surface area contributed by atoms with Gasteiger partial charge in [-0.05, 0) is 30.9 Å². The normalized spacial score (nSPS) is 17.9. The predicted molar refractivity (Wildman–Crippen MR) is 82.5 cm³/mol. The van der Waals surface area contributed by atoms with Gasteiger partial charge < -0.3 is 10.2 Å². The van der Waals surface area contributed by atoms with Gasteiger partial charge in [-0.15, -0.1) is 0 Å². The minimum atomic E-state index is 0.0931. The summed E-state index contributed by atoms with van der Waals surface area (Å²) in [6.07, 6.45) is 1.91. The van der Waals surface area contributed by atoms with Crippen LogP contribution in [0.2, 0.25) is 0 Å². The molecule has 3 heteroatoms. The molecule has 1 aromatic carbocycles. The Morgan fingerprint density at radius 1 is 1.20 bits per heavy atom. The first-order valence-corrected chi connectivity index (χ1v) is 7.72. The van der Waals surface area contributed by atoms with Crippen LogP contribution in [0.25, 0.3) is 0 Å². The summed E-state index contributed by atoms with van der Waals surface area (Å²) in [6.45, 7) is 7.99. The van der Waals surface area contributed by atoms with E-state index in [4.69, 9.17) is 0 Å². The maximum absolute atomic E-state index is 12.8. The van der Waals surface area contributed by atoms with Crippen LogP contribution in [-0.4, -0.2) is 37.0 Å². The van der Waals surface area contributed by atoms with Crippen molar-refractivity contribution in [1.29, 1.82) is 0 Å². The van der Waals surface area contributed by atoms with Gasteiger partial charge in [0.25, 0.3) is 0 Å². The Morgan fingerprint density at radius 3 is 2.65 bits per heavy atom. The monoisotopic (exact) mass is 274 g/mol. The Bertz CT molecular complexity index is 408. The highest BCUT2D eigenvalue weighted by molar-refractivity contribution is 5.79. The molecular formula is C17H26N2O. The highest BCUT2D eigenvalue weighted by Gasteiger charge is 2.27. The first-order chi connectivity index (χ1) is 9.68. The third-order valence-electron chi connectivity index (χ3n) is 4.07. The van der Waals surface area contributed by atoms with E-state index in [1.54, 1.807) is 0 Å². The quantitative estimate of drug-likeness (QED) is 0.914. The van der Waals surface area contributed by atoms with Crippen molar-refractivity contribution in [2.45, 2.75) is 26.7 Å². The smallest absolute Gasteiger partial charge is 0.226 e. The van der Waals surface area contributed by atoms with Crippen LogP contribution in [-0.2, 0) is 11.2 Å². The van der Waals surface area contributed by atoms with Crippen molar-refractivity contribution in [2.75, 3.05) is 26.2 Å². The molecule has 1 fully saturated rings. The van der Waals surface area contributed by atoms with Crippen molar-refractivity contribution in [2.24, 2.45) is 11.8 Å². The third-order valence-corrected chi connectivity index (χ3v) is 4.07. The molecule has 1 N–H and O–H groups in total. The molecule has 0 radical (unpaired) electrons. The molecule has 0 saturated carbocycles. The molecule has 0 bridgehead atoms. The molecule has 110 valence electrons. The first kappa shape index (κ1) is 15.0. The van der Waals surface area contributed by atoms with Gasteiger partial charge in [-0.1, -0.05) is 44.2 Å². The van der Waals surface area contributed by atoms with Crippen LogP contribution in [0.3, 0.4) is 0 Å². The zero-order chi connectivity index (χ0) is 14.4. The minimum absolute atomic E-state index is 0.0931. The lowest BCUT2D eigenvalue weighted by Gasteiger charge is -2.28. The highest BCUT2D eigenvalue weighted by Crippen LogP contribution is 2.20. The lowest BCUT2D eigenvalue weighted by atomic mass is 9.88. The van der Waals surface area contributed by atoms with Crippen LogP contribution >= 0.6 is 0 Å². The van der Waals surface area contributed by atoms with E-state index in [-0.39, 0.29) is 5.92 Å². The summed E-state index contributed by atoms with van der Waals surface area (Å²) in [7, 11) is 0. The Labute approximate surface area is 122 Å². The Kier molecular flexibility index (Phi) is 5.60. The zero-order valence-corrected chi connectivity index (χ0v) is 12.6. The van der Waals surface area contributed by atoms with E-state index in [1.165, 1.54) is 5.56 Å². The van der Waals surface area contributed by atoms with Gasteiger partial charge in [-0.25, -0.2) is 0 Å². The van der Waals surface area contributed by atoms with Gasteiger partial charge in [0, 0.05) is 25.6 Å². The lowest BCUT2D eigenvalue weighted by molar-refractivity contribution is -0.136. The number of carbonyl (C=O) groups is 1. The summed E-state index contributed by atoms with van der Waals surface area (Å²) in [4.78, 5) is 14.8. The molecule has 1 aromatic rings. The van der Waals surface area contributed by atoms with Crippen LogP contribution in [0.1, 0.15) is 25.8 Å². The van der Waals surface area contributed by atoms with Gasteiger partial charge in [-0.3, -0.25) is 4.79 Å². The second-order valence-corrected chi connectivity index (χ2v) is 5.97. The summed E-state index contributed by atoms with van der Waals surface area (Å²) >= 11 is 0. The van der Waals surface area contributed by atoms with E-state index in [9.17, 15) is 4.79 Å². The fraction of sp³-hybridized carbons (Fsp3) is 0.588.